The van der Waals surface area contributed by atoms with Crippen LogP contribution in [0.15, 0.2) is 60.7 Å². The number of benzene rings is 2. The van der Waals surface area contributed by atoms with Gasteiger partial charge in [0.1, 0.15) is 11.5 Å². The summed E-state index contributed by atoms with van der Waals surface area (Å²) in [5.41, 5.74) is 3.72. The van der Waals surface area contributed by atoms with Crippen LogP contribution in [-0.4, -0.2) is 51.7 Å². The molecule has 0 N–H and O–H groups in total. The predicted octanol–water partition coefficient (Wildman–Crippen LogP) is 4.46. The molecule has 0 aliphatic carbocycles. The number of likely N-dealkylation sites (N-methyl/N-ethyl adjacent to an activating group) is 1. The van der Waals surface area contributed by atoms with E-state index in [0.29, 0.717) is 11.6 Å². The van der Waals surface area contributed by atoms with Gasteiger partial charge in [0.15, 0.2) is 0 Å². The number of amides is 1. The highest BCUT2D eigenvalue weighted by Crippen LogP contribution is 2.28. The van der Waals surface area contributed by atoms with Crippen molar-refractivity contribution in [1.29, 1.82) is 0 Å². The van der Waals surface area contributed by atoms with Crippen molar-refractivity contribution < 1.29 is 9.18 Å². The van der Waals surface area contributed by atoms with Crippen LogP contribution in [0.3, 0.4) is 0 Å². The quantitative estimate of drug-likeness (QED) is 0.536. The molecule has 1 aliphatic rings. The summed E-state index contributed by atoms with van der Waals surface area (Å²) in [4.78, 5) is 17.7. The van der Waals surface area contributed by atoms with Crippen LogP contribution in [0.2, 0.25) is 0 Å². The molecule has 1 fully saturated rings. The molecule has 2 aromatic carbocycles. The first-order valence-electron chi connectivity index (χ1n) is 11.7. The van der Waals surface area contributed by atoms with Gasteiger partial charge in [-0.25, -0.2) is 4.39 Å². The zero-order valence-corrected chi connectivity index (χ0v) is 19.7. The van der Waals surface area contributed by atoms with Gasteiger partial charge in [0.25, 0.3) is 5.91 Å². The summed E-state index contributed by atoms with van der Waals surface area (Å²) in [6, 6.07) is 19.2. The van der Waals surface area contributed by atoms with Crippen LogP contribution in [0, 0.1) is 18.7 Å². The molecule has 0 radical (unpaired) electrons. The average molecular weight is 449 g/mol. The molecule has 0 saturated carbocycles. The van der Waals surface area contributed by atoms with Crippen LogP contribution in [0.25, 0.3) is 0 Å². The Morgan fingerprint density at radius 1 is 1.09 bits per heavy atom. The summed E-state index contributed by atoms with van der Waals surface area (Å²) in [6.07, 6.45) is 2.85. The van der Waals surface area contributed by atoms with E-state index in [4.69, 9.17) is 0 Å². The second-order valence-electron chi connectivity index (χ2n) is 9.21. The Morgan fingerprint density at radius 2 is 1.79 bits per heavy atom. The van der Waals surface area contributed by atoms with E-state index in [9.17, 15) is 9.18 Å². The zero-order valence-electron chi connectivity index (χ0n) is 19.7. The molecule has 1 aliphatic heterocycles. The highest BCUT2D eigenvalue weighted by molar-refractivity contribution is 5.92. The van der Waals surface area contributed by atoms with Crippen molar-refractivity contribution in [2.24, 2.45) is 13.0 Å². The molecule has 174 valence electrons. The number of hydrogen-bond acceptors (Lipinski definition) is 3. The first kappa shape index (κ1) is 23.2. The van der Waals surface area contributed by atoms with Gasteiger partial charge in [-0.1, -0.05) is 42.5 Å². The third-order valence-electron chi connectivity index (χ3n) is 6.80. The predicted molar refractivity (Wildman–Crippen MR) is 128 cm³/mol. The highest BCUT2D eigenvalue weighted by atomic mass is 19.1. The topological polar surface area (TPSA) is 41.4 Å². The van der Waals surface area contributed by atoms with Gasteiger partial charge in [0, 0.05) is 26.7 Å². The van der Waals surface area contributed by atoms with Crippen LogP contribution >= 0.6 is 0 Å². The fourth-order valence-corrected chi connectivity index (χ4v) is 5.01. The standard InChI is InChI=1S/C27H33FN4O/c1-20-16-26(31(3)29-20)27(33)30(2)25(18-21-8-5-4-6-9-21)23-12-14-32(15-13-23)19-22-10-7-11-24(28)17-22/h4-11,16-17,23,25H,12-15,18-19H2,1-3H3. The van der Waals surface area contributed by atoms with E-state index in [1.165, 1.54) is 11.6 Å². The van der Waals surface area contributed by atoms with E-state index in [1.54, 1.807) is 16.8 Å². The molecule has 2 heterocycles. The maximum absolute atomic E-state index is 13.6. The van der Waals surface area contributed by atoms with Crippen molar-refractivity contribution in [3.05, 3.63) is 89.0 Å². The van der Waals surface area contributed by atoms with Crippen LogP contribution in [0.1, 0.15) is 40.2 Å². The first-order valence-corrected chi connectivity index (χ1v) is 11.7. The molecule has 1 aromatic heterocycles. The van der Waals surface area contributed by atoms with E-state index in [2.05, 4.69) is 34.3 Å². The zero-order chi connectivity index (χ0) is 23.4. The Morgan fingerprint density at radius 3 is 2.42 bits per heavy atom. The number of nitrogens with zero attached hydrogens (tertiary/aromatic N) is 4. The summed E-state index contributed by atoms with van der Waals surface area (Å²) in [6.45, 7) is 4.56. The first-order chi connectivity index (χ1) is 15.9. The Kier molecular flexibility index (Phi) is 7.23. The smallest absolute Gasteiger partial charge is 0.272 e. The number of hydrogen-bond donors (Lipinski definition) is 0. The minimum absolute atomic E-state index is 0.0150. The lowest BCUT2D eigenvalue weighted by Crippen LogP contribution is -2.47. The number of halogens is 1. The molecule has 3 aromatic rings. The number of aromatic nitrogens is 2. The maximum Gasteiger partial charge on any atom is 0.272 e. The largest absolute Gasteiger partial charge is 0.337 e. The lowest BCUT2D eigenvalue weighted by Gasteiger charge is -2.40. The molecule has 1 amide bonds. The summed E-state index contributed by atoms with van der Waals surface area (Å²) in [7, 11) is 3.75. The van der Waals surface area contributed by atoms with Gasteiger partial charge < -0.3 is 4.90 Å². The Hall–Kier alpha value is -2.99. The maximum atomic E-state index is 13.6. The third kappa shape index (κ3) is 5.69. The van der Waals surface area contributed by atoms with Gasteiger partial charge in [-0.2, -0.15) is 5.10 Å². The van der Waals surface area contributed by atoms with Gasteiger partial charge >= 0.3 is 0 Å². The van der Waals surface area contributed by atoms with Gasteiger partial charge in [-0.15, -0.1) is 0 Å². The molecule has 0 bridgehead atoms. The fourth-order valence-electron chi connectivity index (χ4n) is 5.01. The van der Waals surface area contributed by atoms with Gasteiger partial charge in [0.05, 0.1) is 5.69 Å². The second-order valence-corrected chi connectivity index (χ2v) is 9.21. The molecule has 4 rings (SSSR count). The number of rotatable bonds is 7. The fraction of sp³-hybridized carbons (Fsp3) is 0.407. The highest BCUT2D eigenvalue weighted by Gasteiger charge is 2.32. The monoisotopic (exact) mass is 448 g/mol. The van der Waals surface area contributed by atoms with Crippen LogP contribution in [-0.2, 0) is 20.0 Å². The van der Waals surface area contributed by atoms with Crippen LogP contribution in [0.5, 0.6) is 0 Å². The minimum Gasteiger partial charge on any atom is -0.337 e. The number of carbonyl (C=O) groups is 1. The Balaban J connectivity index is 1.48. The minimum atomic E-state index is -0.184. The average Bonchev–Trinajstić information content (AvgIpc) is 3.15. The van der Waals surface area contributed by atoms with Gasteiger partial charge in [-0.05, 0) is 74.5 Å². The summed E-state index contributed by atoms with van der Waals surface area (Å²) < 4.78 is 15.2. The van der Waals surface area contributed by atoms with Crippen molar-refractivity contribution in [1.82, 2.24) is 19.6 Å². The molecule has 0 spiro atoms. The molecule has 5 nitrogen and oxygen atoms in total. The van der Waals surface area contributed by atoms with E-state index in [0.717, 1.165) is 50.2 Å². The van der Waals surface area contributed by atoms with Crippen LogP contribution in [0.4, 0.5) is 4.39 Å². The normalized spacial score (nSPS) is 16.0. The molecule has 1 unspecified atom stereocenters. The summed E-state index contributed by atoms with van der Waals surface area (Å²) >= 11 is 0. The Bertz CT molecular complexity index is 1070. The third-order valence-corrected chi connectivity index (χ3v) is 6.80. The molecule has 1 saturated heterocycles. The van der Waals surface area contributed by atoms with E-state index >= 15 is 0 Å². The van der Waals surface area contributed by atoms with Crippen molar-refractivity contribution >= 4 is 5.91 Å². The van der Waals surface area contributed by atoms with Crippen molar-refractivity contribution in [3.8, 4) is 0 Å². The van der Waals surface area contributed by atoms with Crippen LogP contribution < -0.4 is 0 Å². The number of piperidine rings is 1. The molecule has 33 heavy (non-hydrogen) atoms. The SMILES string of the molecule is Cc1cc(C(=O)N(C)C(Cc2ccccc2)C2CCN(Cc3cccc(F)c3)CC2)n(C)n1. The molecular weight excluding hydrogens is 415 g/mol. The number of likely N-dealkylation sites (tertiary alicyclic amines) is 1. The van der Waals surface area contributed by atoms with Crippen molar-refractivity contribution in [2.75, 3.05) is 20.1 Å². The van der Waals surface area contributed by atoms with E-state index in [1.807, 2.05) is 44.1 Å². The molecular formula is C27H33FN4O. The lowest BCUT2D eigenvalue weighted by atomic mass is 9.84. The summed E-state index contributed by atoms with van der Waals surface area (Å²) in [5, 5.41) is 4.36. The van der Waals surface area contributed by atoms with Crippen molar-refractivity contribution in [2.45, 2.75) is 38.8 Å². The molecule has 6 heteroatoms. The second kappa shape index (κ2) is 10.3. The van der Waals surface area contributed by atoms with Gasteiger partial charge in [0.2, 0.25) is 0 Å². The van der Waals surface area contributed by atoms with Crippen molar-refractivity contribution in [3.63, 3.8) is 0 Å². The number of aryl methyl sites for hydroxylation is 2. The summed E-state index contributed by atoms with van der Waals surface area (Å²) in [5.74, 6) is 0.231. The lowest BCUT2D eigenvalue weighted by molar-refractivity contribution is 0.0575. The number of carbonyl (C=O) groups excluding carboxylic acids is 1. The van der Waals surface area contributed by atoms with Gasteiger partial charge in [-0.3, -0.25) is 14.4 Å². The van der Waals surface area contributed by atoms with E-state index < -0.39 is 0 Å². The Labute approximate surface area is 195 Å². The van der Waals surface area contributed by atoms with E-state index in [-0.39, 0.29) is 17.8 Å². The molecule has 1 atom stereocenters.